The lowest BCUT2D eigenvalue weighted by atomic mass is 10.1. The molecule has 10 nitrogen and oxygen atoms in total. The van der Waals surface area contributed by atoms with E-state index in [0.717, 1.165) is 36.4 Å². The number of rotatable bonds is 7. The molecule has 4 aromatic heterocycles. The fourth-order valence-corrected chi connectivity index (χ4v) is 3.70. The quantitative estimate of drug-likeness (QED) is 0.312. The smallest absolute Gasteiger partial charge is 0.247 e. The zero-order valence-electron chi connectivity index (χ0n) is 18.3. The van der Waals surface area contributed by atoms with Gasteiger partial charge in [-0.3, -0.25) is 14.8 Å². The molecule has 34 heavy (non-hydrogen) atoms. The number of anilines is 4. The van der Waals surface area contributed by atoms with E-state index in [0.29, 0.717) is 34.6 Å². The maximum absolute atomic E-state index is 11.7. The highest BCUT2D eigenvalue weighted by Crippen LogP contribution is 2.26. The summed E-state index contributed by atoms with van der Waals surface area (Å²) in [6, 6.07) is 9.55. The monoisotopic (exact) mass is 453 g/mol. The molecule has 1 aliphatic rings. The van der Waals surface area contributed by atoms with E-state index in [9.17, 15) is 4.79 Å². The number of pyridine rings is 3. The fraction of sp³-hybridized carbons (Fsp3) is 0.167. The summed E-state index contributed by atoms with van der Waals surface area (Å²) in [6.45, 7) is 5.45. The van der Waals surface area contributed by atoms with Crippen molar-refractivity contribution in [2.24, 2.45) is 0 Å². The van der Waals surface area contributed by atoms with Crippen LogP contribution in [0.1, 0.15) is 6.42 Å². The van der Waals surface area contributed by atoms with E-state index in [1.54, 1.807) is 36.9 Å². The Balaban J connectivity index is 1.39. The Morgan fingerprint density at radius 1 is 1.06 bits per heavy atom. The predicted octanol–water partition coefficient (Wildman–Crippen LogP) is 3.12. The summed E-state index contributed by atoms with van der Waals surface area (Å²) < 4.78 is 0. The van der Waals surface area contributed by atoms with Crippen LogP contribution in [-0.2, 0) is 4.79 Å². The van der Waals surface area contributed by atoms with Gasteiger partial charge in [0.05, 0.1) is 17.6 Å². The van der Waals surface area contributed by atoms with Crippen LogP contribution < -0.4 is 21.3 Å². The molecule has 4 N–H and O–H groups in total. The fourth-order valence-electron chi connectivity index (χ4n) is 3.70. The van der Waals surface area contributed by atoms with Crippen LogP contribution in [0.5, 0.6) is 0 Å². The number of carbonyl (C=O) groups excluding carboxylic acids is 1. The van der Waals surface area contributed by atoms with E-state index >= 15 is 0 Å². The molecule has 0 bridgehead atoms. The van der Waals surface area contributed by atoms with E-state index in [4.69, 9.17) is 0 Å². The Kier molecular flexibility index (Phi) is 6.04. The van der Waals surface area contributed by atoms with E-state index < -0.39 is 0 Å². The minimum atomic E-state index is -0.299. The number of aromatic nitrogens is 5. The van der Waals surface area contributed by atoms with Gasteiger partial charge in [0.25, 0.3) is 0 Å². The normalized spacial score (nSPS) is 15.1. The Bertz CT molecular complexity index is 1330. The third-order valence-corrected chi connectivity index (χ3v) is 5.39. The maximum atomic E-state index is 11.7. The molecule has 0 saturated carbocycles. The standard InChI is InChI=1S/C24H23N9O/c1-2-21(34)31-16-7-10-26-19(11-16)23-22-15(5-9-27-23)12-29-24(33-22)32-17-3-4-20(28-14-17)30-18-6-8-25-13-18/h2-5,7,9-12,14,18,25H,1,6,8,13H2,(H,28,30)(H,26,31,34)(H,29,32,33)/t18-/m1/s1. The number of carbonyl (C=O) groups is 1. The molecule has 0 spiro atoms. The zero-order valence-corrected chi connectivity index (χ0v) is 18.3. The zero-order chi connectivity index (χ0) is 23.3. The van der Waals surface area contributed by atoms with E-state index in [1.165, 1.54) is 6.08 Å². The van der Waals surface area contributed by atoms with Crippen LogP contribution in [0.25, 0.3) is 22.3 Å². The van der Waals surface area contributed by atoms with Gasteiger partial charge >= 0.3 is 0 Å². The number of amides is 1. The summed E-state index contributed by atoms with van der Waals surface area (Å²) in [4.78, 5) is 34.1. The minimum absolute atomic E-state index is 0.299. The highest BCUT2D eigenvalue weighted by molar-refractivity contribution is 5.99. The number of nitrogens with one attached hydrogen (secondary N) is 4. The molecule has 170 valence electrons. The number of hydrogen-bond donors (Lipinski definition) is 4. The second-order valence-corrected chi connectivity index (χ2v) is 7.81. The van der Waals surface area contributed by atoms with Crippen LogP contribution in [0.3, 0.4) is 0 Å². The SMILES string of the molecule is C=CC(=O)Nc1ccnc(-c2nccc3cnc(Nc4ccc(N[C@@H]5CCNC5)nc4)nc23)c1. The summed E-state index contributed by atoms with van der Waals surface area (Å²) in [7, 11) is 0. The minimum Gasteiger partial charge on any atom is -0.366 e. The Morgan fingerprint density at radius 3 is 2.76 bits per heavy atom. The lowest BCUT2D eigenvalue weighted by Crippen LogP contribution is -2.22. The van der Waals surface area contributed by atoms with Gasteiger partial charge in [-0.1, -0.05) is 6.58 Å². The molecule has 1 aliphatic heterocycles. The van der Waals surface area contributed by atoms with Crippen molar-refractivity contribution >= 4 is 40.0 Å². The molecule has 1 atom stereocenters. The molecule has 5 rings (SSSR count). The first-order valence-corrected chi connectivity index (χ1v) is 10.9. The van der Waals surface area contributed by atoms with Crippen LogP contribution in [0.15, 0.2) is 67.8 Å². The maximum Gasteiger partial charge on any atom is 0.247 e. The Hall–Kier alpha value is -4.44. The first kappa shape index (κ1) is 21.4. The molecule has 4 aromatic rings. The highest BCUT2D eigenvalue weighted by Gasteiger charge is 2.14. The average molecular weight is 454 g/mol. The van der Waals surface area contributed by atoms with Crippen LogP contribution in [0.4, 0.5) is 23.1 Å². The summed E-state index contributed by atoms with van der Waals surface area (Å²) >= 11 is 0. The van der Waals surface area contributed by atoms with E-state index in [1.807, 2.05) is 18.2 Å². The van der Waals surface area contributed by atoms with Crippen molar-refractivity contribution in [2.45, 2.75) is 12.5 Å². The molecular formula is C24H23N9O. The first-order valence-electron chi connectivity index (χ1n) is 10.9. The van der Waals surface area contributed by atoms with Crippen molar-refractivity contribution in [1.29, 1.82) is 0 Å². The molecular weight excluding hydrogens is 430 g/mol. The second-order valence-electron chi connectivity index (χ2n) is 7.81. The van der Waals surface area contributed by atoms with Gasteiger partial charge in [-0.15, -0.1) is 0 Å². The average Bonchev–Trinajstić information content (AvgIpc) is 3.38. The highest BCUT2D eigenvalue weighted by atomic mass is 16.1. The largest absolute Gasteiger partial charge is 0.366 e. The van der Waals surface area contributed by atoms with Crippen molar-refractivity contribution in [3.8, 4) is 11.4 Å². The van der Waals surface area contributed by atoms with Crippen molar-refractivity contribution in [2.75, 3.05) is 29.0 Å². The Labute approximate surface area is 196 Å². The number of hydrogen-bond acceptors (Lipinski definition) is 9. The summed E-state index contributed by atoms with van der Waals surface area (Å²) in [5, 5.41) is 13.5. The van der Waals surface area contributed by atoms with Crippen molar-refractivity contribution in [3.63, 3.8) is 0 Å². The van der Waals surface area contributed by atoms with Crippen LogP contribution in [0, 0.1) is 0 Å². The van der Waals surface area contributed by atoms with Gasteiger partial charge in [0, 0.05) is 42.3 Å². The van der Waals surface area contributed by atoms with Crippen LogP contribution in [0.2, 0.25) is 0 Å². The van der Waals surface area contributed by atoms with Gasteiger partial charge in [0.15, 0.2) is 0 Å². The molecule has 1 saturated heterocycles. The lowest BCUT2D eigenvalue weighted by Gasteiger charge is -2.12. The Morgan fingerprint density at radius 2 is 1.97 bits per heavy atom. The molecule has 0 radical (unpaired) electrons. The van der Waals surface area contributed by atoms with Gasteiger partial charge in [-0.2, -0.15) is 0 Å². The van der Waals surface area contributed by atoms with Crippen LogP contribution >= 0.6 is 0 Å². The van der Waals surface area contributed by atoms with Gasteiger partial charge in [0.2, 0.25) is 11.9 Å². The van der Waals surface area contributed by atoms with Gasteiger partial charge in [0.1, 0.15) is 17.0 Å². The molecule has 0 unspecified atom stereocenters. The third-order valence-electron chi connectivity index (χ3n) is 5.39. The van der Waals surface area contributed by atoms with Gasteiger partial charge in [-0.25, -0.2) is 15.0 Å². The molecule has 1 amide bonds. The van der Waals surface area contributed by atoms with Crippen molar-refractivity contribution in [1.82, 2.24) is 30.2 Å². The van der Waals surface area contributed by atoms with Gasteiger partial charge < -0.3 is 21.3 Å². The molecule has 5 heterocycles. The predicted molar refractivity (Wildman–Crippen MR) is 132 cm³/mol. The van der Waals surface area contributed by atoms with E-state index in [-0.39, 0.29) is 5.91 Å². The summed E-state index contributed by atoms with van der Waals surface area (Å²) in [6.07, 6.45) is 9.07. The van der Waals surface area contributed by atoms with Gasteiger partial charge in [-0.05, 0) is 49.4 Å². The lowest BCUT2D eigenvalue weighted by molar-refractivity contribution is -0.111. The number of nitrogens with zero attached hydrogens (tertiary/aromatic N) is 5. The first-order chi connectivity index (χ1) is 16.7. The molecule has 0 aromatic carbocycles. The third kappa shape index (κ3) is 4.81. The second kappa shape index (κ2) is 9.59. The van der Waals surface area contributed by atoms with E-state index in [2.05, 4.69) is 52.8 Å². The molecule has 10 heteroatoms. The van der Waals surface area contributed by atoms with Crippen molar-refractivity contribution in [3.05, 3.63) is 67.8 Å². The topological polar surface area (TPSA) is 130 Å². The molecule has 0 aliphatic carbocycles. The molecule has 1 fully saturated rings. The summed E-state index contributed by atoms with van der Waals surface area (Å²) in [5.74, 6) is 0.951. The van der Waals surface area contributed by atoms with Crippen LogP contribution in [-0.4, -0.2) is 50.0 Å². The van der Waals surface area contributed by atoms with Crippen molar-refractivity contribution < 1.29 is 4.79 Å². The summed E-state index contributed by atoms with van der Waals surface area (Å²) in [5.41, 5.74) is 3.16. The number of fused-ring (bicyclic) bond motifs is 1.